The molecule has 0 aliphatic carbocycles. The van der Waals surface area contributed by atoms with Gasteiger partial charge in [0.2, 0.25) is 10.0 Å². The first-order valence-electron chi connectivity index (χ1n) is 4.53. The highest BCUT2D eigenvalue weighted by atomic mass is 79.9. The van der Waals surface area contributed by atoms with Crippen LogP contribution in [0.5, 0.6) is 0 Å². The van der Waals surface area contributed by atoms with Crippen LogP contribution in [0, 0.1) is 0 Å². The lowest BCUT2D eigenvalue weighted by molar-refractivity contribution is 0.289. The Bertz CT molecular complexity index is 464. The van der Waals surface area contributed by atoms with Gasteiger partial charge in [-0.1, -0.05) is 11.6 Å². The molecule has 1 aromatic carbocycles. The predicted octanol–water partition coefficient (Wildman–Crippen LogP) is 1.76. The first-order valence-corrected chi connectivity index (χ1v) is 7.18. The molecule has 0 aliphatic rings. The first-order chi connectivity index (χ1) is 7.47. The van der Waals surface area contributed by atoms with Gasteiger partial charge in [-0.05, 0) is 40.5 Å². The van der Waals surface area contributed by atoms with Crippen molar-refractivity contribution in [2.24, 2.45) is 0 Å². The van der Waals surface area contributed by atoms with Gasteiger partial charge in [0.05, 0.1) is 9.92 Å². The standard InChI is InChI=1S/C9H11BrClNO3S/c10-8-6-7(2-3-9(8)11)16(14,15)12-4-1-5-13/h2-3,6,12-13H,1,4-5H2. The second-order valence-electron chi connectivity index (χ2n) is 3.05. The zero-order valence-corrected chi connectivity index (χ0v) is 11.4. The van der Waals surface area contributed by atoms with Crippen molar-refractivity contribution < 1.29 is 13.5 Å². The highest BCUT2D eigenvalue weighted by molar-refractivity contribution is 9.10. The van der Waals surface area contributed by atoms with E-state index in [0.717, 1.165) is 0 Å². The maximum Gasteiger partial charge on any atom is 0.240 e. The van der Waals surface area contributed by atoms with Gasteiger partial charge >= 0.3 is 0 Å². The van der Waals surface area contributed by atoms with Crippen LogP contribution < -0.4 is 4.72 Å². The van der Waals surface area contributed by atoms with Crippen LogP contribution in [0.25, 0.3) is 0 Å². The van der Waals surface area contributed by atoms with Crippen LogP contribution in [0.15, 0.2) is 27.6 Å². The molecule has 0 amide bonds. The third-order valence-electron chi connectivity index (χ3n) is 1.83. The summed E-state index contributed by atoms with van der Waals surface area (Å²) in [7, 11) is -3.52. The summed E-state index contributed by atoms with van der Waals surface area (Å²) in [6, 6.07) is 4.37. The van der Waals surface area contributed by atoms with E-state index in [1.165, 1.54) is 18.2 Å². The van der Waals surface area contributed by atoms with Crippen molar-refractivity contribution in [3.05, 3.63) is 27.7 Å². The van der Waals surface area contributed by atoms with Gasteiger partial charge in [-0.15, -0.1) is 0 Å². The van der Waals surface area contributed by atoms with Crippen LogP contribution in [0.1, 0.15) is 6.42 Å². The molecule has 0 aliphatic heterocycles. The van der Waals surface area contributed by atoms with E-state index < -0.39 is 10.0 Å². The van der Waals surface area contributed by atoms with E-state index in [9.17, 15) is 8.42 Å². The van der Waals surface area contributed by atoms with E-state index in [0.29, 0.717) is 15.9 Å². The minimum atomic E-state index is -3.52. The SMILES string of the molecule is O=S(=O)(NCCCO)c1ccc(Cl)c(Br)c1. The van der Waals surface area contributed by atoms with E-state index in [4.69, 9.17) is 16.7 Å². The van der Waals surface area contributed by atoms with Gasteiger partial charge in [0, 0.05) is 17.6 Å². The summed E-state index contributed by atoms with van der Waals surface area (Å²) in [5, 5.41) is 9.01. The normalized spacial score (nSPS) is 11.7. The second kappa shape index (κ2) is 5.97. The van der Waals surface area contributed by atoms with E-state index in [-0.39, 0.29) is 18.0 Å². The summed E-state index contributed by atoms with van der Waals surface area (Å²) in [6.07, 6.45) is 0.383. The first kappa shape index (κ1) is 13.9. The number of sulfonamides is 1. The summed E-state index contributed by atoms with van der Waals surface area (Å²) in [5.74, 6) is 0. The van der Waals surface area contributed by atoms with Crippen LogP contribution in [0.2, 0.25) is 5.02 Å². The molecule has 0 atom stereocenters. The molecule has 2 N–H and O–H groups in total. The molecule has 0 saturated carbocycles. The molecular formula is C9H11BrClNO3S. The Morgan fingerprint density at radius 3 is 2.69 bits per heavy atom. The predicted molar refractivity (Wildman–Crippen MR) is 66.0 cm³/mol. The number of rotatable bonds is 5. The molecule has 0 saturated heterocycles. The second-order valence-corrected chi connectivity index (χ2v) is 6.08. The van der Waals surface area contributed by atoms with E-state index in [2.05, 4.69) is 20.7 Å². The van der Waals surface area contributed by atoms with Crippen LogP contribution in [-0.2, 0) is 10.0 Å². The lowest BCUT2D eigenvalue weighted by Gasteiger charge is -2.06. The largest absolute Gasteiger partial charge is 0.396 e. The average molecular weight is 329 g/mol. The molecule has 0 aromatic heterocycles. The minimum absolute atomic E-state index is 0.0488. The third-order valence-corrected chi connectivity index (χ3v) is 4.50. The number of halogens is 2. The Balaban J connectivity index is 2.86. The monoisotopic (exact) mass is 327 g/mol. The van der Waals surface area contributed by atoms with Crippen molar-refractivity contribution in [3.8, 4) is 0 Å². The molecule has 1 rings (SSSR count). The highest BCUT2D eigenvalue weighted by Gasteiger charge is 2.14. The van der Waals surface area contributed by atoms with Crippen molar-refractivity contribution >= 4 is 37.6 Å². The lowest BCUT2D eigenvalue weighted by atomic mass is 10.4. The minimum Gasteiger partial charge on any atom is -0.396 e. The Labute approximate surface area is 108 Å². The summed E-state index contributed by atoms with van der Waals surface area (Å²) >= 11 is 8.92. The highest BCUT2D eigenvalue weighted by Crippen LogP contribution is 2.25. The molecule has 0 spiro atoms. The molecule has 1 aromatic rings. The molecule has 4 nitrogen and oxygen atoms in total. The lowest BCUT2D eigenvalue weighted by Crippen LogP contribution is -2.25. The summed E-state index contributed by atoms with van der Waals surface area (Å²) in [5.41, 5.74) is 0. The number of hydrogen-bond acceptors (Lipinski definition) is 3. The molecular weight excluding hydrogens is 318 g/mol. The van der Waals surface area contributed by atoms with Gasteiger partial charge in [-0.2, -0.15) is 0 Å². The van der Waals surface area contributed by atoms with Gasteiger partial charge in [-0.3, -0.25) is 0 Å². The summed E-state index contributed by atoms with van der Waals surface area (Å²) in [4.78, 5) is 0.140. The zero-order chi connectivity index (χ0) is 12.2. The Kier molecular flexibility index (Phi) is 5.20. The molecule has 0 unspecified atom stereocenters. The van der Waals surface area contributed by atoms with Gasteiger partial charge in [0.1, 0.15) is 0 Å². The van der Waals surface area contributed by atoms with Crippen LogP contribution in [-0.4, -0.2) is 26.7 Å². The average Bonchev–Trinajstić information content (AvgIpc) is 2.22. The zero-order valence-electron chi connectivity index (χ0n) is 8.28. The fourth-order valence-corrected chi connectivity index (χ4v) is 2.76. The van der Waals surface area contributed by atoms with Crippen LogP contribution >= 0.6 is 27.5 Å². The van der Waals surface area contributed by atoms with Gasteiger partial charge < -0.3 is 5.11 Å². The fraction of sp³-hybridized carbons (Fsp3) is 0.333. The number of aliphatic hydroxyl groups is 1. The summed E-state index contributed by atoms with van der Waals surface area (Å²) < 4.78 is 26.3. The number of aliphatic hydroxyl groups excluding tert-OH is 1. The maximum atomic E-state index is 11.7. The van der Waals surface area contributed by atoms with Crippen molar-refractivity contribution in [1.82, 2.24) is 4.72 Å². The molecule has 7 heteroatoms. The number of nitrogens with one attached hydrogen (secondary N) is 1. The topological polar surface area (TPSA) is 66.4 Å². The van der Waals surface area contributed by atoms with Crippen molar-refractivity contribution in [1.29, 1.82) is 0 Å². The van der Waals surface area contributed by atoms with Crippen molar-refractivity contribution in [2.45, 2.75) is 11.3 Å². The van der Waals surface area contributed by atoms with Crippen molar-refractivity contribution in [3.63, 3.8) is 0 Å². The van der Waals surface area contributed by atoms with Gasteiger partial charge in [0.15, 0.2) is 0 Å². The third kappa shape index (κ3) is 3.71. The molecule has 0 heterocycles. The Morgan fingerprint density at radius 2 is 2.12 bits per heavy atom. The molecule has 0 bridgehead atoms. The molecule has 0 radical (unpaired) electrons. The molecule has 90 valence electrons. The van der Waals surface area contributed by atoms with Crippen molar-refractivity contribution in [2.75, 3.05) is 13.2 Å². The van der Waals surface area contributed by atoms with Gasteiger partial charge in [-0.25, -0.2) is 13.1 Å². The summed E-state index contributed by atoms with van der Waals surface area (Å²) in [6.45, 7) is 0.159. The van der Waals surface area contributed by atoms with Crippen LogP contribution in [0.3, 0.4) is 0 Å². The quantitative estimate of drug-likeness (QED) is 0.810. The molecule has 16 heavy (non-hydrogen) atoms. The van der Waals surface area contributed by atoms with Crippen LogP contribution in [0.4, 0.5) is 0 Å². The fourth-order valence-electron chi connectivity index (χ4n) is 1.01. The number of hydrogen-bond donors (Lipinski definition) is 2. The van der Waals surface area contributed by atoms with E-state index >= 15 is 0 Å². The van der Waals surface area contributed by atoms with E-state index in [1.54, 1.807) is 0 Å². The van der Waals surface area contributed by atoms with Gasteiger partial charge in [0.25, 0.3) is 0 Å². The molecule has 0 fully saturated rings. The van der Waals surface area contributed by atoms with E-state index in [1.807, 2.05) is 0 Å². The smallest absolute Gasteiger partial charge is 0.240 e. The maximum absolute atomic E-state index is 11.7. The number of benzene rings is 1. The Morgan fingerprint density at radius 1 is 1.44 bits per heavy atom. The Hall–Kier alpha value is -0.140.